The molecule has 3 rings (SSSR count). The van der Waals surface area contributed by atoms with E-state index in [1.807, 2.05) is 4.90 Å². The summed E-state index contributed by atoms with van der Waals surface area (Å²) in [6, 6.07) is 0. The van der Waals surface area contributed by atoms with E-state index in [4.69, 9.17) is 0 Å². The molecule has 6 heteroatoms. The number of tetrazole rings is 1. The van der Waals surface area contributed by atoms with Crippen molar-refractivity contribution < 1.29 is 4.79 Å². The van der Waals surface area contributed by atoms with E-state index in [9.17, 15) is 4.79 Å². The number of nitrogens with one attached hydrogen (secondary N) is 1. The predicted octanol–water partition coefficient (Wildman–Crippen LogP) is 2.27. The molecule has 2 heterocycles. The van der Waals surface area contributed by atoms with E-state index in [2.05, 4.69) is 20.6 Å². The summed E-state index contributed by atoms with van der Waals surface area (Å²) in [7, 11) is 0. The van der Waals surface area contributed by atoms with Crippen molar-refractivity contribution in [2.24, 2.45) is 5.92 Å². The molecule has 0 radical (unpaired) electrons. The third kappa shape index (κ3) is 3.80. The molecule has 1 atom stereocenters. The smallest absolute Gasteiger partial charge is 0.222 e. The number of amides is 1. The Bertz CT molecular complexity index is 441. The van der Waals surface area contributed by atoms with Crippen LogP contribution in [-0.4, -0.2) is 44.5 Å². The molecular formula is C15H25N5O. The zero-order valence-corrected chi connectivity index (χ0v) is 12.6. The van der Waals surface area contributed by atoms with Gasteiger partial charge < -0.3 is 4.90 Å². The third-order valence-electron chi connectivity index (χ3n) is 5.00. The van der Waals surface area contributed by atoms with Crippen LogP contribution in [0.25, 0.3) is 0 Å². The molecule has 0 aromatic carbocycles. The summed E-state index contributed by atoms with van der Waals surface area (Å²) in [6.45, 7) is 1.59. The van der Waals surface area contributed by atoms with Gasteiger partial charge in [0.15, 0.2) is 5.82 Å². The molecule has 1 saturated carbocycles. The molecule has 1 amide bonds. The summed E-state index contributed by atoms with van der Waals surface area (Å²) in [5.41, 5.74) is 0. The number of carbonyl (C=O) groups excluding carboxylic acids is 1. The first kappa shape index (κ1) is 14.5. The fourth-order valence-corrected chi connectivity index (χ4v) is 3.72. The van der Waals surface area contributed by atoms with Gasteiger partial charge in [-0.15, -0.1) is 10.2 Å². The number of rotatable bonds is 5. The van der Waals surface area contributed by atoms with Crippen LogP contribution in [0.15, 0.2) is 0 Å². The number of aromatic amines is 1. The van der Waals surface area contributed by atoms with Gasteiger partial charge in [-0.25, -0.2) is 0 Å². The molecule has 1 aliphatic carbocycles. The molecule has 1 aromatic heterocycles. The van der Waals surface area contributed by atoms with Crippen LogP contribution in [-0.2, 0) is 4.79 Å². The summed E-state index contributed by atoms with van der Waals surface area (Å²) in [4.78, 5) is 14.2. The summed E-state index contributed by atoms with van der Waals surface area (Å²) >= 11 is 0. The van der Waals surface area contributed by atoms with Crippen molar-refractivity contribution in [2.45, 2.75) is 63.7 Å². The van der Waals surface area contributed by atoms with E-state index in [0.717, 1.165) is 37.7 Å². The SMILES string of the molecule is O=C(CCCC1CCCCC1)N1CC[C@H](c2nn[nH]n2)C1. The lowest BCUT2D eigenvalue weighted by atomic mass is 9.86. The highest BCUT2D eigenvalue weighted by Crippen LogP contribution is 2.28. The number of H-pyrrole nitrogens is 1. The minimum atomic E-state index is 0.256. The highest BCUT2D eigenvalue weighted by atomic mass is 16.2. The Hall–Kier alpha value is -1.46. The lowest BCUT2D eigenvalue weighted by Crippen LogP contribution is -2.28. The first-order valence-electron chi connectivity index (χ1n) is 8.34. The average Bonchev–Trinajstić information content (AvgIpc) is 3.19. The van der Waals surface area contributed by atoms with Crippen LogP contribution in [0.5, 0.6) is 0 Å². The Balaban J connectivity index is 1.38. The number of hydrogen-bond acceptors (Lipinski definition) is 4. The standard InChI is InChI=1S/C15H25N5O/c21-14(8-4-7-12-5-2-1-3-6-12)20-10-9-13(11-20)15-16-18-19-17-15/h12-13H,1-11H2,(H,16,17,18,19)/t13-/m0/s1. The van der Waals surface area contributed by atoms with Gasteiger partial charge in [-0.3, -0.25) is 4.79 Å². The van der Waals surface area contributed by atoms with Gasteiger partial charge >= 0.3 is 0 Å². The summed E-state index contributed by atoms with van der Waals surface area (Å²) < 4.78 is 0. The third-order valence-corrected chi connectivity index (χ3v) is 5.00. The fourth-order valence-electron chi connectivity index (χ4n) is 3.72. The molecule has 116 valence electrons. The second kappa shape index (κ2) is 7.00. The van der Waals surface area contributed by atoms with Crippen LogP contribution >= 0.6 is 0 Å². The molecule has 1 aliphatic heterocycles. The van der Waals surface area contributed by atoms with Crippen molar-refractivity contribution in [3.8, 4) is 0 Å². The number of hydrogen-bond donors (Lipinski definition) is 1. The van der Waals surface area contributed by atoms with Crippen LogP contribution in [0.3, 0.4) is 0 Å². The summed E-state index contributed by atoms with van der Waals surface area (Å²) in [5.74, 6) is 2.17. The zero-order chi connectivity index (χ0) is 14.5. The van der Waals surface area contributed by atoms with Gasteiger partial charge in [0.2, 0.25) is 5.91 Å². The van der Waals surface area contributed by atoms with Crippen LogP contribution in [0.2, 0.25) is 0 Å². The Labute approximate surface area is 125 Å². The molecular weight excluding hydrogens is 266 g/mol. The number of nitrogens with zero attached hydrogens (tertiary/aromatic N) is 4. The number of aromatic nitrogens is 4. The van der Waals surface area contributed by atoms with Crippen molar-refractivity contribution in [1.82, 2.24) is 25.5 Å². The molecule has 6 nitrogen and oxygen atoms in total. The van der Waals surface area contributed by atoms with E-state index in [1.54, 1.807) is 0 Å². The van der Waals surface area contributed by atoms with Gasteiger partial charge in [-0.1, -0.05) is 37.3 Å². The maximum absolute atomic E-state index is 12.3. The van der Waals surface area contributed by atoms with Crippen LogP contribution in [0, 0.1) is 5.92 Å². The van der Waals surface area contributed by atoms with Crippen molar-refractivity contribution >= 4 is 5.91 Å². The molecule has 1 N–H and O–H groups in total. The molecule has 21 heavy (non-hydrogen) atoms. The van der Waals surface area contributed by atoms with Crippen molar-refractivity contribution in [1.29, 1.82) is 0 Å². The van der Waals surface area contributed by atoms with E-state index >= 15 is 0 Å². The van der Waals surface area contributed by atoms with E-state index < -0.39 is 0 Å². The topological polar surface area (TPSA) is 74.8 Å². The maximum atomic E-state index is 12.3. The van der Waals surface area contributed by atoms with E-state index in [0.29, 0.717) is 12.3 Å². The average molecular weight is 291 g/mol. The highest BCUT2D eigenvalue weighted by molar-refractivity contribution is 5.76. The maximum Gasteiger partial charge on any atom is 0.222 e. The summed E-state index contributed by atoms with van der Waals surface area (Å²) in [6.07, 6.45) is 10.9. The first-order chi connectivity index (χ1) is 10.3. The van der Waals surface area contributed by atoms with Crippen molar-refractivity contribution in [3.63, 3.8) is 0 Å². The minimum Gasteiger partial charge on any atom is -0.342 e. The van der Waals surface area contributed by atoms with E-state index in [1.165, 1.54) is 38.5 Å². The molecule has 2 aliphatic rings. The Morgan fingerprint density at radius 1 is 1.24 bits per heavy atom. The van der Waals surface area contributed by atoms with Gasteiger partial charge in [-0.2, -0.15) is 5.21 Å². The zero-order valence-electron chi connectivity index (χ0n) is 12.6. The van der Waals surface area contributed by atoms with Gasteiger partial charge in [0.25, 0.3) is 0 Å². The number of carbonyl (C=O) groups is 1. The van der Waals surface area contributed by atoms with Crippen LogP contribution in [0.1, 0.15) is 69.5 Å². The molecule has 0 unspecified atom stereocenters. The van der Waals surface area contributed by atoms with Gasteiger partial charge in [0.1, 0.15) is 0 Å². The Morgan fingerprint density at radius 2 is 2.10 bits per heavy atom. The van der Waals surface area contributed by atoms with Crippen molar-refractivity contribution in [2.75, 3.05) is 13.1 Å². The predicted molar refractivity (Wildman–Crippen MR) is 78.5 cm³/mol. The van der Waals surface area contributed by atoms with Gasteiger partial charge in [-0.05, 0) is 25.2 Å². The van der Waals surface area contributed by atoms with Gasteiger partial charge in [0.05, 0.1) is 0 Å². The van der Waals surface area contributed by atoms with Crippen LogP contribution < -0.4 is 0 Å². The molecule has 2 fully saturated rings. The Morgan fingerprint density at radius 3 is 2.86 bits per heavy atom. The second-order valence-electron chi connectivity index (χ2n) is 6.49. The van der Waals surface area contributed by atoms with Gasteiger partial charge in [0, 0.05) is 25.4 Å². The van der Waals surface area contributed by atoms with Crippen LogP contribution in [0.4, 0.5) is 0 Å². The molecule has 0 spiro atoms. The minimum absolute atomic E-state index is 0.256. The highest BCUT2D eigenvalue weighted by Gasteiger charge is 2.29. The number of likely N-dealkylation sites (tertiary alicyclic amines) is 1. The largest absolute Gasteiger partial charge is 0.342 e. The summed E-state index contributed by atoms with van der Waals surface area (Å²) in [5, 5.41) is 14.1. The quantitative estimate of drug-likeness (QED) is 0.903. The van der Waals surface area contributed by atoms with Crippen molar-refractivity contribution in [3.05, 3.63) is 5.82 Å². The Kier molecular flexibility index (Phi) is 4.83. The monoisotopic (exact) mass is 291 g/mol. The van der Waals surface area contributed by atoms with E-state index in [-0.39, 0.29) is 5.92 Å². The fraction of sp³-hybridized carbons (Fsp3) is 0.867. The lowest BCUT2D eigenvalue weighted by molar-refractivity contribution is -0.130. The molecule has 1 aromatic rings. The molecule has 0 bridgehead atoms. The second-order valence-corrected chi connectivity index (χ2v) is 6.49. The first-order valence-corrected chi connectivity index (χ1v) is 8.34. The lowest BCUT2D eigenvalue weighted by Gasteiger charge is -2.22. The molecule has 1 saturated heterocycles. The normalized spacial score (nSPS) is 23.6.